The van der Waals surface area contributed by atoms with Gasteiger partial charge in [0.05, 0.1) is 0 Å². The van der Waals surface area contributed by atoms with Gasteiger partial charge in [0, 0.05) is 26.7 Å². The Hall–Kier alpha value is -0.770. The Bertz CT molecular complexity index is 345. The molecule has 4 heteroatoms. The lowest BCUT2D eigenvalue weighted by molar-refractivity contribution is 0.224. The molecule has 0 bridgehead atoms. The van der Waals surface area contributed by atoms with Gasteiger partial charge in [-0.2, -0.15) is 0 Å². The standard InChI is InChI=1S/C18H36N4/c1-18(2)10-15-22(16-18)17(19-3)20-11-6-4-7-12-21-13-8-5-9-14-21/h4-16H2,1-3H3,(H,19,20). The molecule has 4 nitrogen and oxygen atoms in total. The zero-order chi connectivity index (χ0) is 15.8. The summed E-state index contributed by atoms with van der Waals surface area (Å²) in [7, 11) is 1.91. The summed E-state index contributed by atoms with van der Waals surface area (Å²) in [6.45, 7) is 12.0. The van der Waals surface area contributed by atoms with E-state index in [0.29, 0.717) is 5.41 Å². The third-order valence-corrected chi connectivity index (χ3v) is 5.07. The molecule has 0 radical (unpaired) electrons. The molecule has 0 amide bonds. The van der Waals surface area contributed by atoms with Crippen molar-refractivity contribution in [2.45, 2.75) is 58.8 Å². The van der Waals surface area contributed by atoms with Crippen LogP contribution in [0.15, 0.2) is 4.99 Å². The minimum absolute atomic E-state index is 0.437. The van der Waals surface area contributed by atoms with Gasteiger partial charge in [-0.15, -0.1) is 0 Å². The van der Waals surface area contributed by atoms with Crippen molar-refractivity contribution < 1.29 is 0 Å². The molecule has 0 spiro atoms. The molecule has 2 aliphatic rings. The van der Waals surface area contributed by atoms with Crippen LogP contribution in [0.4, 0.5) is 0 Å². The molecule has 0 aliphatic carbocycles. The summed E-state index contributed by atoms with van der Waals surface area (Å²) in [6, 6.07) is 0. The van der Waals surface area contributed by atoms with E-state index in [0.717, 1.165) is 25.6 Å². The van der Waals surface area contributed by atoms with Gasteiger partial charge < -0.3 is 15.1 Å². The molecule has 0 aromatic rings. The van der Waals surface area contributed by atoms with E-state index in [1.807, 2.05) is 7.05 Å². The molecule has 0 aromatic heterocycles. The Morgan fingerprint density at radius 2 is 1.82 bits per heavy atom. The molecule has 2 saturated heterocycles. The molecule has 2 heterocycles. The van der Waals surface area contributed by atoms with Gasteiger partial charge >= 0.3 is 0 Å². The third-order valence-electron chi connectivity index (χ3n) is 5.07. The Kier molecular flexibility index (Phi) is 7.00. The van der Waals surface area contributed by atoms with Crippen LogP contribution in [-0.4, -0.2) is 62.1 Å². The largest absolute Gasteiger partial charge is 0.356 e. The molecular formula is C18H36N4. The molecule has 2 rings (SSSR count). The van der Waals surface area contributed by atoms with Crippen LogP contribution in [0.2, 0.25) is 0 Å². The molecule has 128 valence electrons. The van der Waals surface area contributed by atoms with Crippen LogP contribution in [0.1, 0.15) is 58.8 Å². The minimum Gasteiger partial charge on any atom is -0.356 e. The maximum Gasteiger partial charge on any atom is 0.193 e. The Labute approximate surface area is 137 Å². The van der Waals surface area contributed by atoms with Crippen molar-refractivity contribution >= 4 is 5.96 Å². The van der Waals surface area contributed by atoms with Crippen molar-refractivity contribution in [3.05, 3.63) is 0 Å². The van der Waals surface area contributed by atoms with Gasteiger partial charge in [0.15, 0.2) is 5.96 Å². The van der Waals surface area contributed by atoms with Crippen molar-refractivity contribution in [1.82, 2.24) is 15.1 Å². The van der Waals surface area contributed by atoms with Gasteiger partial charge in [-0.25, -0.2) is 0 Å². The average Bonchev–Trinajstić information content (AvgIpc) is 2.87. The first-order valence-corrected chi connectivity index (χ1v) is 9.29. The summed E-state index contributed by atoms with van der Waals surface area (Å²) in [6.07, 6.45) is 9.44. The predicted molar refractivity (Wildman–Crippen MR) is 95.5 cm³/mol. The molecule has 0 saturated carbocycles. The number of guanidine groups is 1. The lowest BCUT2D eigenvalue weighted by atomic mass is 9.93. The van der Waals surface area contributed by atoms with E-state index in [4.69, 9.17) is 0 Å². The van der Waals surface area contributed by atoms with Gasteiger partial charge in [0.25, 0.3) is 0 Å². The van der Waals surface area contributed by atoms with Crippen LogP contribution >= 0.6 is 0 Å². The van der Waals surface area contributed by atoms with Crippen molar-refractivity contribution in [3.8, 4) is 0 Å². The Balaban J connectivity index is 1.53. The first-order valence-electron chi connectivity index (χ1n) is 9.29. The predicted octanol–water partition coefficient (Wildman–Crippen LogP) is 2.95. The fourth-order valence-corrected chi connectivity index (χ4v) is 3.65. The zero-order valence-corrected chi connectivity index (χ0v) is 15.0. The molecule has 2 fully saturated rings. The van der Waals surface area contributed by atoms with E-state index in [-0.39, 0.29) is 0 Å². The lowest BCUT2D eigenvalue weighted by Crippen LogP contribution is -2.41. The zero-order valence-electron chi connectivity index (χ0n) is 15.0. The number of rotatable bonds is 6. The highest BCUT2D eigenvalue weighted by Gasteiger charge is 2.30. The molecule has 0 aromatic carbocycles. The second kappa shape index (κ2) is 8.76. The maximum atomic E-state index is 4.45. The van der Waals surface area contributed by atoms with Crippen molar-refractivity contribution in [2.75, 3.05) is 46.3 Å². The Morgan fingerprint density at radius 1 is 1.05 bits per heavy atom. The van der Waals surface area contributed by atoms with E-state index < -0.39 is 0 Å². The number of nitrogens with one attached hydrogen (secondary N) is 1. The van der Waals surface area contributed by atoms with Crippen molar-refractivity contribution in [2.24, 2.45) is 10.4 Å². The molecule has 2 aliphatic heterocycles. The highest BCUT2D eigenvalue weighted by atomic mass is 15.3. The molecule has 0 unspecified atom stereocenters. The number of nitrogens with zero attached hydrogens (tertiary/aromatic N) is 3. The second-order valence-corrected chi connectivity index (χ2v) is 7.77. The van der Waals surface area contributed by atoms with E-state index in [1.165, 1.54) is 64.6 Å². The number of hydrogen-bond donors (Lipinski definition) is 1. The fourth-order valence-electron chi connectivity index (χ4n) is 3.65. The second-order valence-electron chi connectivity index (χ2n) is 7.77. The highest BCUT2D eigenvalue weighted by molar-refractivity contribution is 5.80. The summed E-state index contributed by atoms with van der Waals surface area (Å²) in [5.41, 5.74) is 0.437. The first-order chi connectivity index (χ1) is 10.6. The molecule has 0 atom stereocenters. The SMILES string of the molecule is CN=C(NCCCCCN1CCCCC1)N1CCC(C)(C)C1. The average molecular weight is 309 g/mol. The monoisotopic (exact) mass is 308 g/mol. The molecule has 22 heavy (non-hydrogen) atoms. The summed E-state index contributed by atoms with van der Waals surface area (Å²) >= 11 is 0. The quantitative estimate of drug-likeness (QED) is 0.465. The van der Waals surface area contributed by atoms with E-state index in [1.54, 1.807) is 0 Å². The van der Waals surface area contributed by atoms with Crippen LogP contribution in [0, 0.1) is 5.41 Å². The summed E-state index contributed by atoms with van der Waals surface area (Å²) in [4.78, 5) is 9.50. The van der Waals surface area contributed by atoms with Crippen LogP contribution in [0.25, 0.3) is 0 Å². The normalized spacial score (nSPS) is 23.0. The van der Waals surface area contributed by atoms with Crippen molar-refractivity contribution in [1.29, 1.82) is 0 Å². The summed E-state index contributed by atoms with van der Waals surface area (Å²) in [5, 5.41) is 3.55. The molecule has 1 N–H and O–H groups in total. The lowest BCUT2D eigenvalue weighted by Gasteiger charge is -2.26. The summed E-state index contributed by atoms with van der Waals surface area (Å²) < 4.78 is 0. The third kappa shape index (κ3) is 5.79. The van der Waals surface area contributed by atoms with Gasteiger partial charge in [-0.3, -0.25) is 4.99 Å². The number of hydrogen-bond acceptors (Lipinski definition) is 2. The van der Waals surface area contributed by atoms with Crippen LogP contribution in [0.5, 0.6) is 0 Å². The Morgan fingerprint density at radius 3 is 2.45 bits per heavy atom. The van der Waals surface area contributed by atoms with Gasteiger partial charge in [-0.1, -0.05) is 26.7 Å². The van der Waals surface area contributed by atoms with Crippen LogP contribution < -0.4 is 5.32 Å². The van der Waals surface area contributed by atoms with E-state index >= 15 is 0 Å². The van der Waals surface area contributed by atoms with Crippen LogP contribution in [0.3, 0.4) is 0 Å². The number of piperidine rings is 1. The maximum absolute atomic E-state index is 4.45. The summed E-state index contributed by atoms with van der Waals surface area (Å²) in [5.74, 6) is 1.10. The number of unbranched alkanes of at least 4 members (excludes halogenated alkanes) is 2. The molecular weight excluding hydrogens is 272 g/mol. The number of likely N-dealkylation sites (tertiary alicyclic amines) is 2. The topological polar surface area (TPSA) is 30.9 Å². The van der Waals surface area contributed by atoms with Gasteiger partial charge in [0.1, 0.15) is 0 Å². The van der Waals surface area contributed by atoms with E-state index in [9.17, 15) is 0 Å². The van der Waals surface area contributed by atoms with Gasteiger partial charge in [-0.05, 0) is 57.2 Å². The smallest absolute Gasteiger partial charge is 0.193 e. The minimum atomic E-state index is 0.437. The highest BCUT2D eigenvalue weighted by Crippen LogP contribution is 2.28. The van der Waals surface area contributed by atoms with E-state index in [2.05, 4.69) is 34.0 Å². The number of aliphatic imine (C=N–C) groups is 1. The van der Waals surface area contributed by atoms with Crippen molar-refractivity contribution in [3.63, 3.8) is 0 Å². The fraction of sp³-hybridized carbons (Fsp3) is 0.944. The first kappa shape index (κ1) is 17.6. The van der Waals surface area contributed by atoms with Crippen LogP contribution in [-0.2, 0) is 0 Å². The van der Waals surface area contributed by atoms with Gasteiger partial charge in [0.2, 0.25) is 0 Å².